The highest BCUT2D eigenvalue weighted by atomic mass is 32.1. The van der Waals surface area contributed by atoms with Crippen LogP contribution >= 0.6 is 11.3 Å². The summed E-state index contributed by atoms with van der Waals surface area (Å²) in [6.07, 6.45) is 0. The van der Waals surface area contributed by atoms with E-state index in [0.717, 1.165) is 22.1 Å². The maximum atomic E-state index is 12.5. The van der Waals surface area contributed by atoms with Crippen molar-refractivity contribution in [1.82, 2.24) is 4.98 Å². The fourth-order valence-corrected chi connectivity index (χ4v) is 3.86. The quantitative estimate of drug-likeness (QED) is 0.352. The summed E-state index contributed by atoms with van der Waals surface area (Å²) in [6, 6.07) is 26.3. The zero-order valence-corrected chi connectivity index (χ0v) is 17.7. The Morgan fingerprint density at radius 3 is 2.29 bits per heavy atom. The van der Waals surface area contributed by atoms with Crippen LogP contribution in [0.15, 0.2) is 90.3 Å². The summed E-state index contributed by atoms with van der Waals surface area (Å²) in [6.45, 7) is 0.923. The lowest BCUT2D eigenvalue weighted by atomic mass is 10.0. The average Bonchev–Trinajstić information content (AvgIpc) is 3.29. The van der Waals surface area contributed by atoms with E-state index in [9.17, 15) is 4.79 Å². The highest BCUT2D eigenvalue weighted by molar-refractivity contribution is 7.13. The van der Waals surface area contributed by atoms with Crippen LogP contribution in [-0.2, 0) is 11.3 Å². The number of nitrogens with one attached hydrogen (secondary N) is 1. The molecule has 3 aromatic carbocycles. The Morgan fingerprint density at radius 1 is 0.935 bits per heavy atom. The largest absolute Gasteiger partial charge is 0.375 e. The van der Waals surface area contributed by atoms with Gasteiger partial charge < -0.3 is 15.8 Å². The molecule has 6 heteroatoms. The molecule has 4 rings (SSSR count). The summed E-state index contributed by atoms with van der Waals surface area (Å²) in [5, 5.41) is 5.95. The van der Waals surface area contributed by atoms with Gasteiger partial charge in [0.2, 0.25) is 0 Å². The third kappa shape index (κ3) is 5.64. The molecule has 5 nitrogen and oxygen atoms in total. The molecule has 0 bridgehead atoms. The molecule has 3 N–H and O–H groups in total. The predicted molar refractivity (Wildman–Crippen MR) is 125 cm³/mol. The molecule has 0 amide bonds. The average molecular weight is 430 g/mol. The van der Waals surface area contributed by atoms with Crippen molar-refractivity contribution in [3.8, 4) is 0 Å². The van der Waals surface area contributed by atoms with Crippen LogP contribution in [0.1, 0.15) is 33.2 Å². The van der Waals surface area contributed by atoms with Gasteiger partial charge in [-0.25, -0.2) is 4.98 Å². The molecule has 1 aromatic heterocycles. The van der Waals surface area contributed by atoms with Gasteiger partial charge in [0.25, 0.3) is 0 Å². The number of rotatable bonds is 9. The maximum absolute atomic E-state index is 12.5. The van der Waals surface area contributed by atoms with Crippen LogP contribution in [0.4, 0.5) is 10.8 Å². The molecule has 156 valence electrons. The van der Waals surface area contributed by atoms with E-state index < -0.39 is 0 Å². The highest BCUT2D eigenvalue weighted by Crippen LogP contribution is 2.24. The summed E-state index contributed by atoms with van der Waals surface area (Å²) in [5.41, 5.74) is 10.3. The van der Waals surface area contributed by atoms with Crippen LogP contribution in [0.3, 0.4) is 0 Å². The van der Waals surface area contributed by atoms with Gasteiger partial charge >= 0.3 is 0 Å². The number of ketones is 1. The van der Waals surface area contributed by atoms with Crippen molar-refractivity contribution in [2.24, 2.45) is 5.73 Å². The molecule has 1 atom stereocenters. The Hall–Kier alpha value is -3.32. The Balaban J connectivity index is 1.31. The van der Waals surface area contributed by atoms with Crippen LogP contribution in [0, 0.1) is 0 Å². The van der Waals surface area contributed by atoms with Crippen LogP contribution in [0.5, 0.6) is 0 Å². The molecule has 0 aliphatic rings. The van der Waals surface area contributed by atoms with Crippen molar-refractivity contribution >= 4 is 27.9 Å². The molecule has 0 saturated carbocycles. The number of benzene rings is 3. The van der Waals surface area contributed by atoms with E-state index in [4.69, 9.17) is 10.5 Å². The number of hydrogen-bond donors (Lipinski definition) is 2. The lowest BCUT2D eigenvalue weighted by molar-refractivity contribution is 0.103. The van der Waals surface area contributed by atoms with Gasteiger partial charge in [0.05, 0.1) is 24.9 Å². The van der Waals surface area contributed by atoms with Crippen molar-refractivity contribution in [3.63, 3.8) is 0 Å². The predicted octanol–water partition coefficient (Wildman–Crippen LogP) is 5.33. The lowest BCUT2D eigenvalue weighted by Crippen LogP contribution is -2.17. The third-order valence-corrected chi connectivity index (χ3v) is 5.52. The summed E-state index contributed by atoms with van der Waals surface area (Å²) in [5.74, 6) is 0.00478. The summed E-state index contributed by atoms with van der Waals surface area (Å²) in [7, 11) is 0. The van der Waals surface area contributed by atoms with Crippen LogP contribution in [0.2, 0.25) is 0 Å². The van der Waals surface area contributed by atoms with Crippen molar-refractivity contribution in [3.05, 3.63) is 113 Å². The second kappa shape index (κ2) is 10.1. The summed E-state index contributed by atoms with van der Waals surface area (Å²) >= 11 is 1.49. The van der Waals surface area contributed by atoms with Gasteiger partial charge in [-0.3, -0.25) is 4.79 Å². The van der Waals surface area contributed by atoms with Crippen LogP contribution in [-0.4, -0.2) is 17.4 Å². The Kier molecular flexibility index (Phi) is 6.84. The van der Waals surface area contributed by atoms with E-state index >= 15 is 0 Å². The van der Waals surface area contributed by atoms with Crippen LogP contribution < -0.4 is 11.1 Å². The van der Waals surface area contributed by atoms with Crippen LogP contribution in [0.25, 0.3) is 0 Å². The monoisotopic (exact) mass is 429 g/mol. The number of nitrogens with two attached hydrogens (primary N) is 1. The van der Waals surface area contributed by atoms with Gasteiger partial charge in [-0.1, -0.05) is 60.7 Å². The molecule has 31 heavy (non-hydrogen) atoms. The minimum Gasteiger partial charge on any atom is -0.375 e. The van der Waals surface area contributed by atoms with Gasteiger partial charge in [0.1, 0.15) is 0 Å². The molecule has 0 aliphatic carbocycles. The smallest absolute Gasteiger partial charge is 0.193 e. The minimum absolute atomic E-state index is 0.00478. The molecular formula is C25H23N3O2S. The maximum Gasteiger partial charge on any atom is 0.193 e. The van der Waals surface area contributed by atoms with Gasteiger partial charge in [-0.15, -0.1) is 11.3 Å². The zero-order chi connectivity index (χ0) is 21.5. The molecule has 1 heterocycles. The third-order valence-electron chi connectivity index (χ3n) is 4.75. The molecular weight excluding hydrogens is 406 g/mol. The second-order valence-corrected chi connectivity index (χ2v) is 7.94. The van der Waals surface area contributed by atoms with Gasteiger partial charge in [-0.05, 0) is 29.8 Å². The van der Waals surface area contributed by atoms with E-state index in [2.05, 4.69) is 10.3 Å². The van der Waals surface area contributed by atoms with Crippen molar-refractivity contribution < 1.29 is 9.53 Å². The number of hydrogen-bond acceptors (Lipinski definition) is 6. The second-order valence-electron chi connectivity index (χ2n) is 7.08. The number of thiazole rings is 1. The fourth-order valence-electron chi connectivity index (χ4n) is 3.06. The van der Waals surface area contributed by atoms with E-state index in [0.29, 0.717) is 24.3 Å². The van der Waals surface area contributed by atoms with E-state index in [1.165, 1.54) is 11.3 Å². The number of nitrogens with zero attached hydrogens (tertiary/aromatic N) is 1. The topological polar surface area (TPSA) is 77.2 Å². The van der Waals surface area contributed by atoms with E-state index in [-0.39, 0.29) is 11.8 Å². The number of ether oxygens (including phenoxy) is 1. The van der Waals surface area contributed by atoms with Gasteiger partial charge in [-0.2, -0.15) is 0 Å². The van der Waals surface area contributed by atoms with Crippen molar-refractivity contribution in [1.29, 1.82) is 0 Å². The normalized spacial score (nSPS) is 11.8. The Bertz CT molecular complexity index is 1110. The van der Waals surface area contributed by atoms with Gasteiger partial charge in [0, 0.05) is 22.2 Å². The number of aromatic nitrogens is 1. The van der Waals surface area contributed by atoms with Crippen molar-refractivity contribution in [2.75, 3.05) is 11.9 Å². The minimum atomic E-state index is -0.290. The Labute approximate surface area is 185 Å². The van der Waals surface area contributed by atoms with E-state index in [1.807, 2.05) is 90.3 Å². The van der Waals surface area contributed by atoms with Crippen molar-refractivity contribution in [2.45, 2.75) is 12.6 Å². The molecule has 0 aliphatic heterocycles. The first-order valence-electron chi connectivity index (χ1n) is 9.98. The number of carbonyl (C=O) groups excluding carboxylic acids is 1. The number of carbonyl (C=O) groups is 1. The standard InChI is InChI=1S/C25H23N3O2S/c26-22(16-30-15-18-7-3-1-4-8-18)23-17-31-25(28-23)27-21-13-11-20(12-14-21)24(29)19-9-5-2-6-10-19/h1-14,17,22H,15-16,26H2,(H,27,28). The Morgan fingerprint density at radius 2 is 1.58 bits per heavy atom. The molecule has 0 saturated heterocycles. The van der Waals surface area contributed by atoms with Gasteiger partial charge in [0.15, 0.2) is 10.9 Å². The molecule has 4 aromatic rings. The summed E-state index contributed by atoms with van der Waals surface area (Å²) < 4.78 is 5.72. The molecule has 1 unspecified atom stereocenters. The molecule has 0 spiro atoms. The first-order chi connectivity index (χ1) is 15.2. The first-order valence-corrected chi connectivity index (χ1v) is 10.9. The zero-order valence-electron chi connectivity index (χ0n) is 16.9. The van der Waals surface area contributed by atoms with E-state index in [1.54, 1.807) is 0 Å². The number of anilines is 2. The molecule has 0 radical (unpaired) electrons. The summed E-state index contributed by atoms with van der Waals surface area (Å²) in [4.78, 5) is 17.1. The first kappa shape index (κ1) is 20.9. The lowest BCUT2D eigenvalue weighted by Gasteiger charge is -2.10. The fraction of sp³-hybridized carbons (Fsp3) is 0.120. The highest BCUT2D eigenvalue weighted by Gasteiger charge is 2.12. The SMILES string of the molecule is NC(COCc1ccccc1)c1csc(Nc2ccc(C(=O)c3ccccc3)cc2)n1. The molecule has 0 fully saturated rings.